The third kappa shape index (κ3) is 3.34. The summed E-state index contributed by atoms with van der Waals surface area (Å²) in [4.78, 5) is 8.82. The summed E-state index contributed by atoms with van der Waals surface area (Å²) in [7, 11) is 0. The van der Waals surface area contributed by atoms with Crippen LogP contribution in [0.4, 0.5) is 14.6 Å². The van der Waals surface area contributed by atoms with Crippen LogP contribution in [0.15, 0.2) is 36.5 Å². The summed E-state index contributed by atoms with van der Waals surface area (Å²) < 4.78 is 27.6. The third-order valence-corrected chi connectivity index (χ3v) is 4.78. The van der Waals surface area contributed by atoms with Crippen molar-refractivity contribution in [2.24, 2.45) is 0 Å². The second-order valence-corrected chi connectivity index (χ2v) is 6.42. The average molecular weight is 368 g/mol. The minimum Gasteiger partial charge on any atom is -0.354 e. The van der Waals surface area contributed by atoms with Gasteiger partial charge in [-0.15, -0.1) is 0 Å². The first kappa shape index (κ1) is 17.4. The maximum absolute atomic E-state index is 13.6. The first-order chi connectivity index (χ1) is 13.2. The number of aromatic nitrogens is 3. The molecule has 0 atom stereocenters. The zero-order valence-corrected chi connectivity index (χ0v) is 14.6. The van der Waals surface area contributed by atoms with Crippen molar-refractivity contribution in [1.29, 1.82) is 5.26 Å². The van der Waals surface area contributed by atoms with Crippen molar-refractivity contribution in [3.8, 4) is 17.3 Å². The number of nitrogens with zero attached hydrogens (tertiary/aromatic N) is 6. The van der Waals surface area contributed by atoms with Gasteiger partial charge in [0.25, 0.3) is 0 Å². The summed E-state index contributed by atoms with van der Waals surface area (Å²) in [5.74, 6) is 0.373. The van der Waals surface area contributed by atoms with Crippen LogP contribution in [0, 0.1) is 17.1 Å². The Bertz CT molecular complexity index is 1000. The second kappa shape index (κ2) is 7.29. The van der Waals surface area contributed by atoms with Crippen LogP contribution in [0.1, 0.15) is 5.56 Å². The van der Waals surface area contributed by atoms with E-state index >= 15 is 0 Å². The van der Waals surface area contributed by atoms with Crippen LogP contribution in [-0.4, -0.2) is 58.9 Å². The van der Waals surface area contributed by atoms with Gasteiger partial charge in [0.15, 0.2) is 5.65 Å². The van der Waals surface area contributed by atoms with Gasteiger partial charge in [0.1, 0.15) is 35.6 Å². The predicted molar refractivity (Wildman–Crippen MR) is 97.7 cm³/mol. The van der Waals surface area contributed by atoms with Crippen molar-refractivity contribution in [2.45, 2.75) is 0 Å². The van der Waals surface area contributed by atoms with Crippen LogP contribution < -0.4 is 4.90 Å². The van der Waals surface area contributed by atoms with E-state index in [4.69, 9.17) is 0 Å². The second-order valence-electron chi connectivity index (χ2n) is 6.42. The minimum absolute atomic E-state index is 0.318. The number of benzene rings is 1. The molecule has 2 aromatic heterocycles. The number of piperazine rings is 1. The number of rotatable bonds is 4. The normalized spacial score (nSPS) is 15.2. The summed E-state index contributed by atoms with van der Waals surface area (Å²) in [6, 6.07) is 10.0. The molecule has 1 fully saturated rings. The third-order valence-electron chi connectivity index (χ3n) is 4.78. The number of fused-ring (bicyclic) bond motifs is 1. The minimum atomic E-state index is -0.381. The molecule has 138 valence electrons. The van der Waals surface area contributed by atoms with E-state index in [1.54, 1.807) is 22.8 Å². The molecule has 0 spiro atoms. The van der Waals surface area contributed by atoms with E-state index in [1.807, 2.05) is 6.07 Å². The number of hydrogen-bond donors (Lipinski definition) is 0. The molecule has 0 bridgehead atoms. The molecule has 0 aliphatic carbocycles. The maximum atomic E-state index is 13.6. The van der Waals surface area contributed by atoms with Crippen LogP contribution in [-0.2, 0) is 0 Å². The molecule has 27 heavy (non-hydrogen) atoms. The Balaban J connectivity index is 1.68. The molecular weight excluding hydrogens is 350 g/mol. The SMILES string of the molecule is N#Cc1c(-c2cccc(F)c2)nn2ccc(N3CCN(CCF)CC3)nc12. The van der Waals surface area contributed by atoms with Gasteiger partial charge in [-0.25, -0.2) is 18.3 Å². The quantitative estimate of drug-likeness (QED) is 0.708. The van der Waals surface area contributed by atoms with E-state index in [9.17, 15) is 14.0 Å². The largest absolute Gasteiger partial charge is 0.354 e. The lowest BCUT2D eigenvalue weighted by molar-refractivity contribution is 0.235. The molecule has 0 amide bonds. The molecule has 1 aliphatic heterocycles. The molecule has 6 nitrogen and oxygen atoms in total. The van der Waals surface area contributed by atoms with Gasteiger partial charge in [-0.2, -0.15) is 10.4 Å². The van der Waals surface area contributed by atoms with Crippen LogP contribution in [0.5, 0.6) is 0 Å². The highest BCUT2D eigenvalue weighted by Gasteiger charge is 2.21. The Kier molecular flexibility index (Phi) is 4.69. The molecule has 8 heteroatoms. The summed E-state index contributed by atoms with van der Waals surface area (Å²) in [6.45, 7) is 3.16. The molecule has 1 aromatic carbocycles. The fourth-order valence-electron chi connectivity index (χ4n) is 3.36. The number of hydrogen-bond acceptors (Lipinski definition) is 5. The van der Waals surface area contributed by atoms with Crippen molar-refractivity contribution in [3.05, 3.63) is 47.9 Å². The first-order valence-electron chi connectivity index (χ1n) is 8.78. The van der Waals surface area contributed by atoms with Crippen molar-refractivity contribution >= 4 is 11.5 Å². The maximum Gasteiger partial charge on any atom is 0.175 e. The van der Waals surface area contributed by atoms with Crippen molar-refractivity contribution in [3.63, 3.8) is 0 Å². The van der Waals surface area contributed by atoms with Crippen molar-refractivity contribution < 1.29 is 8.78 Å². The number of alkyl halides is 1. The highest BCUT2D eigenvalue weighted by atomic mass is 19.1. The van der Waals surface area contributed by atoms with Gasteiger partial charge in [0.05, 0.1) is 0 Å². The zero-order valence-electron chi connectivity index (χ0n) is 14.6. The molecule has 0 saturated carbocycles. The van der Waals surface area contributed by atoms with Gasteiger partial charge in [-0.3, -0.25) is 4.90 Å². The van der Waals surface area contributed by atoms with Gasteiger partial charge in [0, 0.05) is 44.5 Å². The summed E-state index contributed by atoms with van der Waals surface area (Å²) in [6.07, 6.45) is 1.76. The number of nitriles is 1. The van der Waals surface area contributed by atoms with E-state index in [0.29, 0.717) is 29.0 Å². The fourth-order valence-corrected chi connectivity index (χ4v) is 3.36. The molecule has 3 aromatic rings. The van der Waals surface area contributed by atoms with E-state index < -0.39 is 0 Å². The van der Waals surface area contributed by atoms with E-state index in [2.05, 4.69) is 26.0 Å². The van der Waals surface area contributed by atoms with Gasteiger partial charge in [-0.1, -0.05) is 12.1 Å². The van der Waals surface area contributed by atoms with E-state index in [-0.39, 0.29) is 12.5 Å². The molecule has 0 radical (unpaired) electrons. The fraction of sp³-hybridized carbons (Fsp3) is 0.316. The molecule has 1 saturated heterocycles. The van der Waals surface area contributed by atoms with Crippen LogP contribution >= 0.6 is 0 Å². The zero-order chi connectivity index (χ0) is 18.8. The molecule has 1 aliphatic rings. The standard InChI is InChI=1S/C19H18F2N6/c20-5-7-25-8-10-26(11-9-25)17-4-6-27-19(23-17)16(13-22)18(24-27)14-2-1-3-15(21)12-14/h1-4,6,12H,5,7-11H2. The molecule has 4 rings (SSSR count). The molecule has 3 heterocycles. The highest BCUT2D eigenvalue weighted by molar-refractivity contribution is 5.75. The summed E-state index contributed by atoms with van der Waals surface area (Å²) >= 11 is 0. The average Bonchev–Trinajstić information content (AvgIpc) is 3.06. The van der Waals surface area contributed by atoms with Gasteiger partial charge in [-0.05, 0) is 18.2 Å². The van der Waals surface area contributed by atoms with Crippen molar-refractivity contribution in [1.82, 2.24) is 19.5 Å². The van der Waals surface area contributed by atoms with Crippen LogP contribution in [0.25, 0.3) is 16.9 Å². The monoisotopic (exact) mass is 368 g/mol. The van der Waals surface area contributed by atoms with Crippen LogP contribution in [0.3, 0.4) is 0 Å². The lowest BCUT2D eigenvalue weighted by Gasteiger charge is -2.34. The lowest BCUT2D eigenvalue weighted by atomic mass is 10.1. The Labute approximate surface area is 155 Å². The summed E-state index contributed by atoms with van der Waals surface area (Å²) in [5, 5.41) is 14.1. The van der Waals surface area contributed by atoms with Gasteiger partial charge in [0.2, 0.25) is 0 Å². The highest BCUT2D eigenvalue weighted by Crippen LogP contribution is 2.26. The Morgan fingerprint density at radius 3 is 2.67 bits per heavy atom. The smallest absolute Gasteiger partial charge is 0.175 e. The van der Waals surface area contributed by atoms with Crippen LogP contribution in [0.2, 0.25) is 0 Å². The molecule has 0 unspecified atom stereocenters. The number of anilines is 1. The van der Waals surface area contributed by atoms with Crippen molar-refractivity contribution in [2.75, 3.05) is 44.3 Å². The van der Waals surface area contributed by atoms with Gasteiger partial charge >= 0.3 is 0 Å². The van der Waals surface area contributed by atoms with Gasteiger partial charge < -0.3 is 4.90 Å². The van der Waals surface area contributed by atoms with E-state index in [1.165, 1.54) is 12.1 Å². The Morgan fingerprint density at radius 2 is 1.96 bits per heavy atom. The predicted octanol–water partition coefficient (Wildman–Crippen LogP) is 2.50. The molecular formula is C19H18F2N6. The Hall–Kier alpha value is -3.05. The topological polar surface area (TPSA) is 60.5 Å². The first-order valence-corrected chi connectivity index (χ1v) is 8.78. The lowest BCUT2D eigenvalue weighted by Crippen LogP contribution is -2.47. The molecule has 0 N–H and O–H groups in total. The summed E-state index contributed by atoms with van der Waals surface area (Å²) in [5.41, 5.74) is 1.71. The number of halogens is 2. The Morgan fingerprint density at radius 1 is 1.15 bits per heavy atom. The van der Waals surface area contributed by atoms with E-state index in [0.717, 1.165) is 32.0 Å².